The van der Waals surface area contributed by atoms with E-state index in [2.05, 4.69) is 5.10 Å². The van der Waals surface area contributed by atoms with Crippen LogP contribution < -0.4 is 9.75 Å². The number of hydrogen-bond acceptors (Lipinski definition) is 3. The molecule has 7 heteroatoms. The van der Waals surface area contributed by atoms with Crippen LogP contribution in [0, 0.1) is 0 Å². The molecule has 2 aromatic carbocycles. The first kappa shape index (κ1) is 17.8. The fourth-order valence-electron chi connectivity index (χ4n) is 2.50. The van der Waals surface area contributed by atoms with E-state index >= 15 is 0 Å². The quantitative estimate of drug-likeness (QED) is 0.647. The van der Waals surface area contributed by atoms with E-state index in [4.69, 9.17) is 39.5 Å². The fraction of sp³-hybridized carbons (Fsp3) is 0.111. The van der Waals surface area contributed by atoms with E-state index in [1.54, 1.807) is 49.4 Å². The van der Waals surface area contributed by atoms with Crippen LogP contribution in [0.4, 0.5) is 5.69 Å². The number of carbonyl (C=O) groups is 1. The predicted octanol–water partition coefficient (Wildman–Crippen LogP) is 5.46. The maximum Gasteiger partial charge on any atom is 0.280 e. The second-order valence-corrected chi connectivity index (χ2v) is 6.63. The highest BCUT2D eigenvalue weighted by Crippen LogP contribution is 2.35. The molecule has 0 radical (unpaired) electrons. The van der Waals surface area contributed by atoms with Gasteiger partial charge in [-0.1, -0.05) is 34.8 Å². The van der Waals surface area contributed by atoms with E-state index in [-0.39, 0.29) is 5.91 Å². The molecule has 4 nitrogen and oxygen atoms in total. The first-order valence-corrected chi connectivity index (χ1v) is 8.44. The van der Waals surface area contributed by atoms with Crippen LogP contribution in [-0.2, 0) is 4.79 Å². The number of hydrazone groups is 1. The summed E-state index contributed by atoms with van der Waals surface area (Å²) >= 11 is 18.1. The third-order valence-electron chi connectivity index (χ3n) is 3.67. The predicted molar refractivity (Wildman–Crippen MR) is 103 cm³/mol. The first-order chi connectivity index (χ1) is 11.9. The Labute approximate surface area is 160 Å². The summed E-state index contributed by atoms with van der Waals surface area (Å²) in [6.45, 7) is 1.76. The number of benzene rings is 2. The molecule has 0 atom stereocenters. The molecule has 0 N–H and O–H groups in total. The zero-order valence-electron chi connectivity index (χ0n) is 13.4. The van der Waals surface area contributed by atoms with E-state index in [1.807, 2.05) is 0 Å². The molecule has 1 amide bonds. The van der Waals surface area contributed by atoms with Gasteiger partial charge in [-0.05, 0) is 49.4 Å². The minimum Gasteiger partial charge on any atom is -0.495 e. The van der Waals surface area contributed by atoms with E-state index in [9.17, 15) is 4.79 Å². The van der Waals surface area contributed by atoms with Crippen LogP contribution >= 0.6 is 34.8 Å². The van der Waals surface area contributed by atoms with Gasteiger partial charge in [0.05, 0.1) is 29.1 Å². The van der Waals surface area contributed by atoms with Gasteiger partial charge < -0.3 is 4.74 Å². The highest BCUT2D eigenvalue weighted by atomic mass is 35.5. The number of methoxy groups -OCH3 is 1. The van der Waals surface area contributed by atoms with Gasteiger partial charge in [-0.3, -0.25) is 4.79 Å². The van der Waals surface area contributed by atoms with Crippen LogP contribution in [0.15, 0.2) is 47.1 Å². The van der Waals surface area contributed by atoms with E-state index < -0.39 is 0 Å². The third kappa shape index (κ3) is 3.52. The van der Waals surface area contributed by atoms with Crippen LogP contribution in [0.1, 0.15) is 12.5 Å². The summed E-state index contributed by atoms with van der Waals surface area (Å²) in [7, 11) is 1.51. The number of anilines is 1. The Bertz CT molecular complexity index is 905. The van der Waals surface area contributed by atoms with Crippen molar-refractivity contribution in [3.8, 4) is 5.75 Å². The maximum absolute atomic E-state index is 12.8. The summed E-state index contributed by atoms with van der Waals surface area (Å²) < 4.78 is 5.32. The number of hydrogen-bond donors (Lipinski definition) is 0. The molecule has 1 aliphatic rings. The second-order valence-electron chi connectivity index (χ2n) is 5.35. The van der Waals surface area contributed by atoms with Crippen molar-refractivity contribution in [2.75, 3.05) is 12.1 Å². The molecule has 0 spiro atoms. The molecule has 0 aliphatic carbocycles. The summed E-state index contributed by atoms with van der Waals surface area (Å²) in [6, 6.07) is 10.1. The lowest BCUT2D eigenvalue weighted by Gasteiger charge is -2.12. The molecule has 0 fully saturated rings. The number of ether oxygens (including phenoxy) is 1. The molecule has 0 unspecified atom stereocenters. The normalized spacial score (nSPS) is 15.7. The summed E-state index contributed by atoms with van der Waals surface area (Å²) in [5.74, 6) is 0.196. The van der Waals surface area contributed by atoms with Crippen molar-refractivity contribution < 1.29 is 9.53 Å². The smallest absolute Gasteiger partial charge is 0.280 e. The molecule has 0 saturated carbocycles. The molecule has 0 saturated heterocycles. The van der Waals surface area contributed by atoms with Crippen molar-refractivity contribution in [2.24, 2.45) is 5.10 Å². The van der Waals surface area contributed by atoms with Gasteiger partial charge in [0.1, 0.15) is 5.75 Å². The minimum atomic E-state index is -0.252. The third-order valence-corrected chi connectivity index (χ3v) is 4.43. The molecule has 1 aliphatic heterocycles. The zero-order valence-corrected chi connectivity index (χ0v) is 15.7. The van der Waals surface area contributed by atoms with E-state index in [0.717, 1.165) is 0 Å². The lowest BCUT2D eigenvalue weighted by atomic mass is 10.1. The highest BCUT2D eigenvalue weighted by Gasteiger charge is 2.29. The molecule has 0 aromatic heterocycles. The lowest BCUT2D eigenvalue weighted by Crippen LogP contribution is -2.21. The number of amides is 1. The number of halogens is 3. The standard InChI is InChI=1S/C18H13Cl3N2O2/c1-10-15(8-11-7-13(20)9-16(21)17(11)25-2)18(24)23(22-10)14-5-3-12(19)4-6-14/h3-9H,1-2H3/b15-8-. The van der Waals surface area contributed by atoms with Gasteiger partial charge in [-0.15, -0.1) is 0 Å². The molecular weight excluding hydrogens is 383 g/mol. The van der Waals surface area contributed by atoms with Crippen molar-refractivity contribution in [2.45, 2.75) is 6.92 Å². The molecule has 0 bridgehead atoms. The Morgan fingerprint density at radius 3 is 2.40 bits per heavy atom. The van der Waals surface area contributed by atoms with Gasteiger partial charge in [0.2, 0.25) is 0 Å². The maximum atomic E-state index is 12.8. The van der Waals surface area contributed by atoms with Gasteiger partial charge in [-0.25, -0.2) is 0 Å². The van der Waals surface area contributed by atoms with Gasteiger partial charge >= 0.3 is 0 Å². The zero-order chi connectivity index (χ0) is 18.1. The number of carbonyl (C=O) groups excluding carboxylic acids is 1. The summed E-state index contributed by atoms with van der Waals surface area (Å²) in [5, 5.41) is 7.07. The van der Waals surface area contributed by atoms with Crippen molar-refractivity contribution in [3.63, 3.8) is 0 Å². The summed E-state index contributed by atoms with van der Waals surface area (Å²) in [4.78, 5) is 12.8. The average molecular weight is 396 g/mol. The van der Waals surface area contributed by atoms with Crippen LogP contribution in [0.3, 0.4) is 0 Å². The molecule has 2 aromatic rings. The Kier molecular flexibility index (Phi) is 5.04. The van der Waals surface area contributed by atoms with Crippen LogP contribution in [0.2, 0.25) is 15.1 Å². The minimum absolute atomic E-state index is 0.252. The van der Waals surface area contributed by atoms with Gasteiger partial charge in [0, 0.05) is 15.6 Å². The molecular formula is C18H13Cl3N2O2. The Morgan fingerprint density at radius 2 is 1.76 bits per heavy atom. The summed E-state index contributed by atoms with van der Waals surface area (Å²) in [5.41, 5.74) is 2.26. The van der Waals surface area contributed by atoms with Gasteiger partial charge in [0.25, 0.3) is 5.91 Å². The van der Waals surface area contributed by atoms with E-state index in [1.165, 1.54) is 12.1 Å². The largest absolute Gasteiger partial charge is 0.495 e. The monoisotopic (exact) mass is 394 g/mol. The highest BCUT2D eigenvalue weighted by molar-refractivity contribution is 6.36. The van der Waals surface area contributed by atoms with Crippen LogP contribution in [0.25, 0.3) is 6.08 Å². The summed E-state index contributed by atoms with van der Waals surface area (Å²) in [6.07, 6.45) is 1.67. The molecule has 1 heterocycles. The molecule has 3 rings (SSSR count). The van der Waals surface area contributed by atoms with Crippen molar-refractivity contribution >= 4 is 58.2 Å². The first-order valence-electron chi connectivity index (χ1n) is 7.31. The Morgan fingerprint density at radius 1 is 1.08 bits per heavy atom. The topological polar surface area (TPSA) is 41.9 Å². The Balaban J connectivity index is 2.02. The number of rotatable bonds is 3. The average Bonchev–Trinajstić information content (AvgIpc) is 2.83. The van der Waals surface area contributed by atoms with E-state index in [0.29, 0.717) is 43.4 Å². The van der Waals surface area contributed by atoms with Crippen molar-refractivity contribution in [1.29, 1.82) is 0 Å². The fourth-order valence-corrected chi connectivity index (χ4v) is 3.21. The number of nitrogens with zero attached hydrogens (tertiary/aromatic N) is 2. The van der Waals surface area contributed by atoms with Crippen molar-refractivity contribution in [1.82, 2.24) is 0 Å². The Hall–Kier alpha value is -2.01. The SMILES string of the molecule is COc1c(Cl)cc(Cl)cc1/C=C1\C(=O)N(c2ccc(Cl)cc2)N=C1C. The van der Waals surface area contributed by atoms with Gasteiger partial charge in [-0.2, -0.15) is 10.1 Å². The van der Waals surface area contributed by atoms with Gasteiger partial charge in [0.15, 0.2) is 0 Å². The molecule has 128 valence electrons. The molecule has 25 heavy (non-hydrogen) atoms. The lowest BCUT2D eigenvalue weighted by molar-refractivity contribution is -0.114. The van der Waals surface area contributed by atoms with Crippen molar-refractivity contribution in [3.05, 3.63) is 62.6 Å². The van der Waals surface area contributed by atoms with Crippen LogP contribution in [-0.4, -0.2) is 18.7 Å². The van der Waals surface area contributed by atoms with Crippen LogP contribution in [0.5, 0.6) is 5.75 Å². The second kappa shape index (κ2) is 7.08.